The first-order valence-electron chi connectivity index (χ1n) is 18.0. The zero-order valence-electron chi connectivity index (χ0n) is 32.4. The van der Waals surface area contributed by atoms with Crippen LogP contribution in [0.1, 0.15) is 78.6 Å². The number of ether oxygens (including phenoxy) is 1. The minimum atomic E-state index is -0.530. The Balaban J connectivity index is 0.000000329. The molecule has 0 saturated carbocycles. The van der Waals surface area contributed by atoms with Gasteiger partial charge in [-0.3, -0.25) is 4.79 Å². The number of hydrogen-bond donors (Lipinski definition) is 6. The number of amides is 2. The highest BCUT2D eigenvalue weighted by Crippen LogP contribution is 2.22. The Kier molecular flexibility index (Phi) is 15.9. The summed E-state index contributed by atoms with van der Waals surface area (Å²) in [5.41, 5.74) is 21.5. The number of hydrogen-bond acceptors (Lipinski definition) is 13. The van der Waals surface area contributed by atoms with E-state index in [2.05, 4.69) is 68.6 Å². The molecule has 5 rings (SSSR count). The van der Waals surface area contributed by atoms with Crippen LogP contribution in [0.5, 0.6) is 0 Å². The number of nitriles is 1. The standard InChI is InChI=1S/C29H29FN8O.C12H15BrN4O2/c1-18(21-8-10-23(30)11-9-21)37-29(39)24-13-20(14-32)16-36-28(24)35-15-19-4-6-22(7-5-19)26-17-34-27(33)25(38-26)3-2-12-31;1-12(2,3)19-11(18)15-6-4-5-8-10(14)16-7-9(13)17-8/h4-11,13,16-18H,2-3,12,15,31H2,1H3,(H2,33,34)(H,35,36)(H,37,39);7H,6H2,1-3H3,(H2,14,16)(H,15,18)/t18-;/m0./s1. The van der Waals surface area contributed by atoms with E-state index in [1.807, 2.05) is 30.3 Å². The van der Waals surface area contributed by atoms with Gasteiger partial charge in [0.05, 0.1) is 47.5 Å². The average molecular weight is 852 g/mol. The number of aromatic nitrogens is 5. The molecule has 0 unspecified atom stereocenters. The number of nitrogen functional groups attached to an aromatic ring is 2. The van der Waals surface area contributed by atoms with E-state index >= 15 is 0 Å². The van der Waals surface area contributed by atoms with Crippen LogP contribution in [0.2, 0.25) is 0 Å². The molecule has 0 radical (unpaired) electrons. The third-order valence-electron chi connectivity index (χ3n) is 7.88. The predicted molar refractivity (Wildman–Crippen MR) is 223 cm³/mol. The van der Waals surface area contributed by atoms with Gasteiger partial charge in [-0.25, -0.2) is 34.1 Å². The Labute approximate surface area is 344 Å². The molecule has 9 N–H and O–H groups in total. The fourth-order valence-corrected chi connectivity index (χ4v) is 5.26. The van der Waals surface area contributed by atoms with Gasteiger partial charge in [0, 0.05) is 18.3 Å². The second-order valence-electron chi connectivity index (χ2n) is 13.6. The van der Waals surface area contributed by atoms with Gasteiger partial charge < -0.3 is 37.9 Å². The summed E-state index contributed by atoms with van der Waals surface area (Å²) in [6, 6.07) is 16.8. The number of nitrogens with two attached hydrogens (primary N) is 3. The minimum Gasteiger partial charge on any atom is -0.444 e. The van der Waals surface area contributed by atoms with Crippen molar-refractivity contribution < 1.29 is 18.7 Å². The van der Waals surface area contributed by atoms with E-state index < -0.39 is 17.6 Å². The van der Waals surface area contributed by atoms with Gasteiger partial charge >= 0.3 is 6.09 Å². The molecular formula is C41H44BrFN12O3. The molecule has 300 valence electrons. The Bertz CT molecular complexity index is 2300. The number of halogens is 2. The molecule has 0 aliphatic heterocycles. The first-order chi connectivity index (χ1) is 27.6. The molecule has 5 aromatic rings. The van der Waals surface area contributed by atoms with E-state index in [0.29, 0.717) is 41.4 Å². The van der Waals surface area contributed by atoms with Crippen molar-refractivity contribution in [3.8, 4) is 29.2 Å². The summed E-state index contributed by atoms with van der Waals surface area (Å²) < 4.78 is 18.9. The maximum atomic E-state index is 13.3. The summed E-state index contributed by atoms with van der Waals surface area (Å²) in [4.78, 5) is 45.6. The van der Waals surface area contributed by atoms with Crippen molar-refractivity contribution in [3.05, 3.63) is 117 Å². The van der Waals surface area contributed by atoms with Crippen molar-refractivity contribution >= 4 is 45.4 Å². The van der Waals surface area contributed by atoms with Crippen LogP contribution in [-0.2, 0) is 17.7 Å². The average Bonchev–Trinajstić information content (AvgIpc) is 3.19. The third kappa shape index (κ3) is 13.8. The second kappa shape index (κ2) is 21.0. The lowest BCUT2D eigenvalue weighted by Crippen LogP contribution is -2.32. The predicted octanol–water partition coefficient (Wildman–Crippen LogP) is 5.82. The van der Waals surface area contributed by atoms with Crippen molar-refractivity contribution in [2.75, 3.05) is 29.9 Å². The molecule has 2 aromatic carbocycles. The maximum absolute atomic E-state index is 13.3. The lowest BCUT2D eigenvalue weighted by atomic mass is 10.1. The number of nitrogens with one attached hydrogen (secondary N) is 3. The van der Waals surface area contributed by atoms with E-state index in [-0.39, 0.29) is 35.3 Å². The molecular weight excluding hydrogens is 807 g/mol. The number of rotatable bonds is 11. The Morgan fingerprint density at radius 1 is 0.983 bits per heavy atom. The number of carbonyl (C=O) groups excluding carboxylic acids is 2. The van der Waals surface area contributed by atoms with E-state index in [0.717, 1.165) is 34.5 Å². The lowest BCUT2D eigenvalue weighted by molar-refractivity contribution is 0.0535. The van der Waals surface area contributed by atoms with E-state index in [4.69, 9.17) is 21.9 Å². The monoisotopic (exact) mass is 850 g/mol. The van der Waals surface area contributed by atoms with Crippen molar-refractivity contribution in [3.63, 3.8) is 0 Å². The molecule has 0 bridgehead atoms. The Hall–Kier alpha value is -6.69. The molecule has 17 heteroatoms. The van der Waals surface area contributed by atoms with Crippen LogP contribution in [-0.4, -0.2) is 55.6 Å². The van der Waals surface area contributed by atoms with Gasteiger partial charge in [-0.1, -0.05) is 42.3 Å². The fraction of sp³-hybridized carbons (Fsp3) is 0.268. The van der Waals surface area contributed by atoms with Crippen LogP contribution in [0.15, 0.2) is 77.8 Å². The summed E-state index contributed by atoms with van der Waals surface area (Å²) in [5, 5.41) is 17.9. The third-order valence-corrected chi connectivity index (χ3v) is 8.26. The van der Waals surface area contributed by atoms with Gasteiger partial charge in [-0.15, -0.1) is 0 Å². The minimum absolute atomic E-state index is 0.141. The van der Waals surface area contributed by atoms with Crippen molar-refractivity contribution in [1.82, 2.24) is 35.6 Å². The molecule has 3 aromatic heterocycles. The van der Waals surface area contributed by atoms with Crippen LogP contribution in [0.3, 0.4) is 0 Å². The molecule has 2 amide bonds. The van der Waals surface area contributed by atoms with Gasteiger partial charge in [0.2, 0.25) is 0 Å². The molecule has 58 heavy (non-hydrogen) atoms. The molecule has 0 saturated heterocycles. The highest BCUT2D eigenvalue weighted by Gasteiger charge is 2.18. The second-order valence-corrected chi connectivity index (χ2v) is 14.4. The Morgan fingerprint density at radius 2 is 1.69 bits per heavy atom. The summed E-state index contributed by atoms with van der Waals surface area (Å²) in [7, 11) is 0. The van der Waals surface area contributed by atoms with Crippen LogP contribution < -0.4 is 33.2 Å². The van der Waals surface area contributed by atoms with Gasteiger partial charge in [0.15, 0.2) is 11.5 Å². The highest BCUT2D eigenvalue weighted by atomic mass is 79.9. The summed E-state index contributed by atoms with van der Waals surface area (Å²) in [6.45, 7) is 8.25. The number of carbonyl (C=O) groups is 2. The van der Waals surface area contributed by atoms with Crippen LogP contribution in [0.25, 0.3) is 11.3 Å². The van der Waals surface area contributed by atoms with Crippen molar-refractivity contribution in [2.24, 2.45) is 5.73 Å². The van der Waals surface area contributed by atoms with Gasteiger partial charge in [0.1, 0.15) is 33.7 Å². The van der Waals surface area contributed by atoms with Crippen LogP contribution in [0, 0.1) is 29.0 Å². The summed E-state index contributed by atoms with van der Waals surface area (Å²) in [6.07, 6.45) is 5.47. The Morgan fingerprint density at radius 3 is 2.36 bits per heavy atom. The van der Waals surface area contributed by atoms with E-state index in [1.165, 1.54) is 30.6 Å². The summed E-state index contributed by atoms with van der Waals surface area (Å²) in [5.74, 6) is 5.69. The van der Waals surface area contributed by atoms with Crippen molar-refractivity contribution in [1.29, 1.82) is 5.26 Å². The number of aryl methyl sites for hydroxylation is 1. The molecule has 0 fully saturated rings. The number of nitrogens with zero attached hydrogens (tertiary/aromatic N) is 6. The highest BCUT2D eigenvalue weighted by molar-refractivity contribution is 9.10. The zero-order valence-corrected chi connectivity index (χ0v) is 34.0. The molecule has 0 aliphatic rings. The normalized spacial score (nSPS) is 11.1. The number of anilines is 3. The number of benzene rings is 2. The molecule has 15 nitrogen and oxygen atoms in total. The lowest BCUT2D eigenvalue weighted by Gasteiger charge is -2.18. The maximum Gasteiger partial charge on any atom is 0.408 e. The smallest absolute Gasteiger partial charge is 0.408 e. The topological polar surface area (TPSA) is 246 Å². The largest absolute Gasteiger partial charge is 0.444 e. The molecule has 0 spiro atoms. The SMILES string of the molecule is CC(C)(C)OC(=O)NCC#Cc1nc(Br)cnc1N.C[C@H](NC(=O)c1cc(C#N)cnc1NCc1ccc(-c2cnc(N)c(CCCN)n2)cc1)c1ccc(F)cc1. The number of pyridine rings is 1. The zero-order chi connectivity index (χ0) is 42.2. The fourth-order valence-electron chi connectivity index (χ4n) is 4.98. The first kappa shape index (κ1) is 44.0. The van der Waals surface area contributed by atoms with E-state index in [9.17, 15) is 19.2 Å². The van der Waals surface area contributed by atoms with Gasteiger partial charge in [-0.05, 0) is 98.3 Å². The first-order valence-corrected chi connectivity index (χ1v) is 18.8. The molecule has 0 aliphatic carbocycles. The quantitative estimate of drug-likeness (QED) is 0.0859. The van der Waals surface area contributed by atoms with E-state index in [1.54, 1.807) is 46.0 Å². The number of alkyl carbamates (subject to hydrolysis) is 1. The molecule has 1 atom stereocenters. The van der Waals surface area contributed by atoms with Crippen LogP contribution >= 0.6 is 15.9 Å². The van der Waals surface area contributed by atoms with Crippen LogP contribution in [0.4, 0.5) is 26.6 Å². The van der Waals surface area contributed by atoms with Gasteiger partial charge in [-0.2, -0.15) is 5.26 Å². The van der Waals surface area contributed by atoms with Gasteiger partial charge in [0.25, 0.3) is 5.91 Å². The summed E-state index contributed by atoms with van der Waals surface area (Å²) >= 11 is 3.17. The molecule has 3 heterocycles. The van der Waals surface area contributed by atoms with Crippen molar-refractivity contribution in [2.45, 2.75) is 58.7 Å².